The van der Waals surface area contributed by atoms with Gasteiger partial charge in [-0.15, -0.1) is 0 Å². The number of fused-ring (bicyclic) bond motifs is 1. The fourth-order valence-corrected chi connectivity index (χ4v) is 4.55. The molecule has 2 aromatic rings. The molecule has 0 bridgehead atoms. The van der Waals surface area contributed by atoms with Crippen LogP contribution < -0.4 is 14.8 Å². The van der Waals surface area contributed by atoms with E-state index in [1.165, 1.54) is 37.8 Å². The summed E-state index contributed by atoms with van der Waals surface area (Å²) in [6.45, 7) is 1.36. The van der Waals surface area contributed by atoms with Gasteiger partial charge in [-0.1, -0.05) is 24.3 Å². The number of carbonyl (C=O) groups excluding carboxylic acids is 1. The van der Waals surface area contributed by atoms with Crippen LogP contribution in [-0.2, 0) is 21.2 Å². The van der Waals surface area contributed by atoms with Gasteiger partial charge in [0.15, 0.2) is 0 Å². The lowest BCUT2D eigenvalue weighted by Crippen LogP contribution is -2.31. The van der Waals surface area contributed by atoms with Gasteiger partial charge in [-0.3, -0.25) is 4.79 Å². The molecule has 2 N–H and O–H groups in total. The quantitative estimate of drug-likeness (QED) is 0.843. The van der Waals surface area contributed by atoms with Gasteiger partial charge < -0.3 is 10.1 Å². The summed E-state index contributed by atoms with van der Waals surface area (Å²) in [5, 5.41) is 2.60. The van der Waals surface area contributed by atoms with Crippen LogP contribution in [-0.4, -0.2) is 21.4 Å². The highest BCUT2D eigenvalue weighted by Gasteiger charge is 2.26. The maximum Gasteiger partial charge on any atom is 0.241 e. The van der Waals surface area contributed by atoms with Gasteiger partial charge in [0.05, 0.1) is 17.7 Å². The van der Waals surface area contributed by atoms with Gasteiger partial charge in [0.25, 0.3) is 0 Å². The van der Waals surface area contributed by atoms with Crippen LogP contribution in [0.5, 0.6) is 5.75 Å². The molecule has 0 saturated heterocycles. The van der Waals surface area contributed by atoms with E-state index >= 15 is 0 Å². The van der Waals surface area contributed by atoms with Crippen LogP contribution in [0.4, 0.5) is 5.69 Å². The first-order valence-electron chi connectivity index (χ1n) is 8.46. The first kappa shape index (κ1) is 18.4. The summed E-state index contributed by atoms with van der Waals surface area (Å²) in [5.74, 6) is 0.106. The molecule has 0 aromatic heterocycles. The summed E-state index contributed by atoms with van der Waals surface area (Å²) in [5.41, 5.74) is 2.53. The van der Waals surface area contributed by atoms with Crippen molar-refractivity contribution < 1.29 is 17.9 Å². The number of anilines is 1. The molecule has 0 saturated carbocycles. The lowest BCUT2D eigenvalue weighted by Gasteiger charge is -2.26. The summed E-state index contributed by atoms with van der Waals surface area (Å²) in [6, 6.07) is 12.1. The third kappa shape index (κ3) is 3.89. The Morgan fingerprint density at radius 1 is 1.19 bits per heavy atom. The number of hydrogen-bond donors (Lipinski definition) is 2. The summed E-state index contributed by atoms with van der Waals surface area (Å²) < 4.78 is 33.8. The lowest BCUT2D eigenvalue weighted by atomic mass is 9.88. The van der Waals surface area contributed by atoms with Crippen LogP contribution in [0.1, 0.15) is 36.9 Å². The highest BCUT2D eigenvalue weighted by atomic mass is 32.2. The Bertz CT molecular complexity index is 925. The number of carbonyl (C=O) groups is 1. The third-order valence-corrected chi connectivity index (χ3v) is 5.93. The second kappa shape index (κ2) is 7.47. The lowest BCUT2D eigenvalue weighted by molar-refractivity contribution is -0.114. The fourth-order valence-electron chi connectivity index (χ4n) is 3.27. The largest absolute Gasteiger partial charge is 0.495 e. The number of aryl methyl sites for hydroxylation is 1. The van der Waals surface area contributed by atoms with E-state index in [2.05, 4.69) is 10.0 Å². The van der Waals surface area contributed by atoms with Crippen molar-refractivity contribution in [2.45, 2.75) is 37.1 Å². The van der Waals surface area contributed by atoms with Crippen molar-refractivity contribution in [1.29, 1.82) is 0 Å². The fraction of sp³-hybridized carbons (Fsp3) is 0.316. The predicted octanol–water partition coefficient (Wildman–Crippen LogP) is 3.01. The highest BCUT2D eigenvalue weighted by Crippen LogP contribution is 2.32. The van der Waals surface area contributed by atoms with E-state index in [4.69, 9.17) is 4.74 Å². The standard InChI is InChI=1S/C19H22N2O4S/c1-13(22)20-18-12-15(10-11-19(18)25-2)26(23,24)21-17-9-5-7-14-6-3-4-8-16(14)17/h3-4,6,8,10-12,17,21H,5,7,9H2,1-2H3,(H,20,22)/t17-/m1/s1. The zero-order chi connectivity index (χ0) is 18.7. The van der Waals surface area contributed by atoms with Gasteiger partial charge in [-0.25, -0.2) is 13.1 Å². The molecular formula is C19H22N2O4S. The molecule has 0 spiro atoms. The van der Waals surface area contributed by atoms with E-state index in [0.29, 0.717) is 11.4 Å². The number of hydrogen-bond acceptors (Lipinski definition) is 4. The number of ether oxygens (including phenoxy) is 1. The molecule has 1 atom stereocenters. The van der Waals surface area contributed by atoms with Crippen molar-refractivity contribution in [3.8, 4) is 5.75 Å². The molecule has 138 valence electrons. The van der Waals surface area contributed by atoms with E-state index < -0.39 is 10.0 Å². The molecule has 1 aliphatic carbocycles. The number of nitrogens with one attached hydrogen (secondary N) is 2. The Kier molecular flexibility index (Phi) is 5.29. The molecule has 0 radical (unpaired) electrons. The van der Waals surface area contributed by atoms with Gasteiger partial charge in [0, 0.05) is 13.0 Å². The molecular weight excluding hydrogens is 352 g/mol. The Morgan fingerprint density at radius 3 is 2.69 bits per heavy atom. The SMILES string of the molecule is COc1ccc(S(=O)(=O)N[C@@H]2CCCc3ccccc32)cc1NC(C)=O. The molecule has 0 heterocycles. The number of sulfonamides is 1. The highest BCUT2D eigenvalue weighted by molar-refractivity contribution is 7.89. The Morgan fingerprint density at radius 2 is 1.96 bits per heavy atom. The van der Waals surface area contributed by atoms with Crippen molar-refractivity contribution in [1.82, 2.24) is 4.72 Å². The van der Waals surface area contributed by atoms with Crippen LogP contribution in [0.2, 0.25) is 0 Å². The van der Waals surface area contributed by atoms with Gasteiger partial charge in [0.1, 0.15) is 5.75 Å². The van der Waals surface area contributed by atoms with E-state index in [0.717, 1.165) is 24.8 Å². The maximum atomic E-state index is 12.9. The molecule has 2 aromatic carbocycles. The minimum absolute atomic E-state index is 0.0881. The number of benzene rings is 2. The van der Waals surface area contributed by atoms with Crippen LogP contribution >= 0.6 is 0 Å². The predicted molar refractivity (Wildman–Crippen MR) is 99.7 cm³/mol. The van der Waals surface area contributed by atoms with Crippen molar-refractivity contribution in [3.63, 3.8) is 0 Å². The van der Waals surface area contributed by atoms with E-state index in [1.807, 2.05) is 24.3 Å². The van der Waals surface area contributed by atoms with Crippen LogP contribution in [0.3, 0.4) is 0 Å². The summed E-state index contributed by atoms with van der Waals surface area (Å²) >= 11 is 0. The topological polar surface area (TPSA) is 84.5 Å². The Labute approximate surface area is 153 Å². The van der Waals surface area contributed by atoms with E-state index in [9.17, 15) is 13.2 Å². The summed E-state index contributed by atoms with van der Waals surface area (Å²) in [6.07, 6.45) is 2.65. The van der Waals surface area contributed by atoms with Crippen LogP contribution in [0.15, 0.2) is 47.4 Å². The van der Waals surface area contributed by atoms with Crippen LogP contribution in [0, 0.1) is 0 Å². The molecule has 3 rings (SSSR count). The average Bonchev–Trinajstić information content (AvgIpc) is 2.61. The van der Waals surface area contributed by atoms with Crippen molar-refractivity contribution in [3.05, 3.63) is 53.6 Å². The van der Waals surface area contributed by atoms with Gasteiger partial charge in [-0.2, -0.15) is 0 Å². The van der Waals surface area contributed by atoms with Crippen LogP contribution in [0.25, 0.3) is 0 Å². The first-order chi connectivity index (χ1) is 12.4. The van der Waals surface area contributed by atoms with Gasteiger partial charge in [0.2, 0.25) is 15.9 Å². The monoisotopic (exact) mass is 374 g/mol. The smallest absolute Gasteiger partial charge is 0.241 e. The normalized spacial score (nSPS) is 16.6. The zero-order valence-electron chi connectivity index (χ0n) is 14.8. The number of amides is 1. The number of rotatable bonds is 5. The molecule has 6 nitrogen and oxygen atoms in total. The maximum absolute atomic E-state index is 12.9. The second-order valence-electron chi connectivity index (χ2n) is 6.31. The average molecular weight is 374 g/mol. The van der Waals surface area contributed by atoms with E-state index in [-0.39, 0.29) is 16.8 Å². The molecule has 0 unspecified atom stereocenters. The van der Waals surface area contributed by atoms with Gasteiger partial charge in [-0.05, 0) is 48.6 Å². The van der Waals surface area contributed by atoms with E-state index in [1.54, 1.807) is 0 Å². The van der Waals surface area contributed by atoms with Crippen molar-refractivity contribution >= 4 is 21.6 Å². The molecule has 1 amide bonds. The zero-order valence-corrected chi connectivity index (χ0v) is 15.6. The summed E-state index contributed by atoms with van der Waals surface area (Å²) in [4.78, 5) is 11.5. The van der Waals surface area contributed by atoms with Crippen molar-refractivity contribution in [2.24, 2.45) is 0 Å². The molecule has 7 heteroatoms. The Hall–Kier alpha value is -2.38. The molecule has 0 aliphatic heterocycles. The minimum atomic E-state index is -3.74. The second-order valence-corrected chi connectivity index (χ2v) is 8.02. The third-order valence-electron chi connectivity index (χ3n) is 4.46. The Balaban J connectivity index is 1.91. The number of methoxy groups -OCH3 is 1. The molecule has 26 heavy (non-hydrogen) atoms. The molecule has 0 fully saturated rings. The summed E-state index contributed by atoms with van der Waals surface area (Å²) in [7, 11) is -2.28. The van der Waals surface area contributed by atoms with Crippen molar-refractivity contribution in [2.75, 3.05) is 12.4 Å². The molecule has 1 aliphatic rings. The minimum Gasteiger partial charge on any atom is -0.495 e. The van der Waals surface area contributed by atoms with Gasteiger partial charge >= 0.3 is 0 Å². The first-order valence-corrected chi connectivity index (χ1v) is 9.95.